The number of nitrogens with one attached hydrogen (secondary N) is 1. The van der Waals surface area contributed by atoms with E-state index in [1.807, 2.05) is 0 Å². The maximum Gasteiger partial charge on any atom is 0.0147 e. The Morgan fingerprint density at radius 2 is 2.00 bits per heavy atom. The smallest absolute Gasteiger partial charge is 0.0147 e. The summed E-state index contributed by atoms with van der Waals surface area (Å²) in [5.41, 5.74) is 3.01. The molecule has 0 unspecified atom stereocenters. The van der Waals surface area contributed by atoms with Gasteiger partial charge in [0.15, 0.2) is 0 Å². The molecule has 0 atom stereocenters. The van der Waals surface area contributed by atoms with Gasteiger partial charge in [-0.15, -0.1) is 0 Å². The van der Waals surface area contributed by atoms with Crippen molar-refractivity contribution < 1.29 is 0 Å². The van der Waals surface area contributed by atoms with Crippen LogP contribution in [-0.4, -0.2) is 4.98 Å². The second kappa shape index (κ2) is 2.72. The molecule has 0 aromatic carbocycles. The zero-order valence-electron chi connectivity index (χ0n) is 7.86. The third-order valence-corrected chi connectivity index (χ3v) is 1.99. The van der Waals surface area contributed by atoms with Crippen molar-refractivity contribution in [2.75, 3.05) is 0 Å². The van der Waals surface area contributed by atoms with Gasteiger partial charge in [-0.25, -0.2) is 0 Å². The molecule has 1 aromatic heterocycles. The third-order valence-electron chi connectivity index (χ3n) is 1.99. The van der Waals surface area contributed by atoms with Gasteiger partial charge in [-0.1, -0.05) is 27.7 Å². The van der Waals surface area contributed by atoms with Gasteiger partial charge in [0, 0.05) is 11.9 Å². The quantitative estimate of drug-likeness (QED) is 0.635. The normalized spacial score (nSPS) is 12.0. The molecule has 0 aliphatic rings. The van der Waals surface area contributed by atoms with Crippen LogP contribution in [0.25, 0.3) is 0 Å². The van der Waals surface area contributed by atoms with E-state index in [4.69, 9.17) is 0 Å². The molecular weight excluding hydrogens is 134 g/mol. The van der Waals surface area contributed by atoms with Crippen molar-refractivity contribution in [3.8, 4) is 0 Å². The van der Waals surface area contributed by atoms with E-state index in [1.54, 1.807) is 0 Å². The number of rotatable bonds is 1. The molecule has 0 fully saturated rings. The summed E-state index contributed by atoms with van der Waals surface area (Å²) in [7, 11) is 0. The second-order valence-electron chi connectivity index (χ2n) is 4.02. The number of aryl methyl sites for hydroxylation is 1. The molecule has 11 heavy (non-hydrogen) atoms. The number of hydrogen-bond acceptors (Lipinski definition) is 0. The van der Waals surface area contributed by atoms with Crippen molar-refractivity contribution in [2.45, 2.75) is 39.5 Å². The highest BCUT2D eigenvalue weighted by atomic mass is 14.7. The Kier molecular flexibility index (Phi) is 2.08. The van der Waals surface area contributed by atoms with Crippen LogP contribution >= 0.6 is 0 Å². The zero-order chi connectivity index (χ0) is 8.48. The van der Waals surface area contributed by atoms with E-state index in [-0.39, 0.29) is 5.41 Å². The summed E-state index contributed by atoms with van der Waals surface area (Å²) in [6.07, 6.45) is 3.20. The lowest BCUT2D eigenvalue weighted by molar-refractivity contribution is 0.591. The topological polar surface area (TPSA) is 15.8 Å². The van der Waals surface area contributed by atoms with E-state index in [1.165, 1.54) is 11.3 Å². The van der Waals surface area contributed by atoms with Crippen LogP contribution in [0.1, 0.15) is 39.0 Å². The van der Waals surface area contributed by atoms with Crippen LogP contribution in [0.15, 0.2) is 12.3 Å². The summed E-state index contributed by atoms with van der Waals surface area (Å²) in [6, 6.07) is 2.25. The minimum absolute atomic E-state index is 0.282. The third kappa shape index (κ3) is 1.86. The second-order valence-corrected chi connectivity index (χ2v) is 4.02. The highest BCUT2D eigenvalue weighted by Crippen LogP contribution is 2.22. The average molecular weight is 151 g/mol. The predicted octanol–water partition coefficient (Wildman–Crippen LogP) is 2.87. The number of H-pyrrole nitrogens is 1. The Hall–Kier alpha value is -0.720. The van der Waals surface area contributed by atoms with Crippen LogP contribution in [0.5, 0.6) is 0 Å². The molecule has 1 heteroatoms. The lowest BCUT2D eigenvalue weighted by Crippen LogP contribution is -2.09. The van der Waals surface area contributed by atoms with Crippen LogP contribution in [0.4, 0.5) is 0 Å². The van der Waals surface area contributed by atoms with E-state index >= 15 is 0 Å². The van der Waals surface area contributed by atoms with E-state index in [9.17, 15) is 0 Å². The van der Waals surface area contributed by atoms with Crippen molar-refractivity contribution >= 4 is 0 Å². The summed E-state index contributed by atoms with van der Waals surface area (Å²) in [5.74, 6) is 0. The maximum absolute atomic E-state index is 3.26. The van der Waals surface area contributed by atoms with Crippen LogP contribution < -0.4 is 0 Å². The van der Waals surface area contributed by atoms with E-state index in [0.29, 0.717) is 0 Å². The number of hydrogen-bond donors (Lipinski definition) is 1. The fraction of sp³-hybridized carbons (Fsp3) is 0.600. The summed E-state index contributed by atoms with van der Waals surface area (Å²) in [5, 5.41) is 0. The predicted molar refractivity (Wildman–Crippen MR) is 48.9 cm³/mol. The fourth-order valence-electron chi connectivity index (χ4n) is 1.08. The molecule has 0 saturated carbocycles. The molecular formula is C10H17N. The Morgan fingerprint density at radius 3 is 2.27 bits per heavy atom. The molecule has 62 valence electrons. The van der Waals surface area contributed by atoms with Crippen molar-refractivity contribution in [2.24, 2.45) is 0 Å². The molecule has 0 radical (unpaired) electrons. The first-order valence-corrected chi connectivity index (χ1v) is 4.22. The van der Waals surface area contributed by atoms with E-state index in [2.05, 4.69) is 44.9 Å². The lowest BCUT2D eigenvalue weighted by atomic mass is 9.89. The maximum atomic E-state index is 3.26. The van der Waals surface area contributed by atoms with Crippen LogP contribution in [0.2, 0.25) is 0 Å². The molecule has 1 heterocycles. The first kappa shape index (κ1) is 8.38. The van der Waals surface area contributed by atoms with Gasteiger partial charge in [0.25, 0.3) is 0 Å². The first-order valence-electron chi connectivity index (χ1n) is 4.22. The average Bonchev–Trinajstić information content (AvgIpc) is 2.32. The van der Waals surface area contributed by atoms with Gasteiger partial charge in [-0.2, -0.15) is 0 Å². The summed E-state index contributed by atoms with van der Waals surface area (Å²) < 4.78 is 0. The van der Waals surface area contributed by atoms with Crippen molar-refractivity contribution in [1.29, 1.82) is 0 Å². The minimum Gasteiger partial charge on any atom is -0.365 e. The minimum atomic E-state index is 0.282. The Balaban J connectivity index is 2.89. The van der Waals surface area contributed by atoms with Crippen LogP contribution in [0.3, 0.4) is 0 Å². The zero-order valence-corrected chi connectivity index (χ0v) is 7.86. The van der Waals surface area contributed by atoms with Crippen LogP contribution in [0, 0.1) is 0 Å². The fourth-order valence-corrected chi connectivity index (χ4v) is 1.08. The van der Waals surface area contributed by atoms with Gasteiger partial charge in [0.1, 0.15) is 0 Å². The molecule has 1 nitrogen and oxygen atoms in total. The summed E-state index contributed by atoms with van der Waals surface area (Å²) >= 11 is 0. The largest absolute Gasteiger partial charge is 0.365 e. The molecule has 0 amide bonds. The molecule has 0 bridgehead atoms. The summed E-state index contributed by atoms with van der Waals surface area (Å²) in [6.45, 7) is 8.86. The van der Waals surface area contributed by atoms with Crippen LogP contribution in [-0.2, 0) is 11.8 Å². The highest BCUT2D eigenvalue weighted by Gasteiger charge is 2.14. The molecule has 0 aliphatic heterocycles. The number of aromatic amines is 1. The molecule has 1 N–H and O–H groups in total. The molecule has 1 rings (SSSR count). The van der Waals surface area contributed by atoms with E-state index < -0.39 is 0 Å². The SMILES string of the molecule is CCc1cc(C(C)(C)C)c[nH]1. The number of aromatic nitrogens is 1. The van der Waals surface area contributed by atoms with Gasteiger partial charge in [-0.3, -0.25) is 0 Å². The van der Waals surface area contributed by atoms with Gasteiger partial charge < -0.3 is 4.98 Å². The van der Waals surface area contributed by atoms with Crippen molar-refractivity contribution in [3.05, 3.63) is 23.5 Å². The van der Waals surface area contributed by atoms with Gasteiger partial charge in [0.2, 0.25) is 0 Å². The molecule has 0 saturated heterocycles. The lowest BCUT2D eigenvalue weighted by Gasteiger charge is -2.15. The van der Waals surface area contributed by atoms with Gasteiger partial charge >= 0.3 is 0 Å². The van der Waals surface area contributed by atoms with Crippen molar-refractivity contribution in [1.82, 2.24) is 4.98 Å². The first-order chi connectivity index (χ1) is 5.04. The Labute approximate surface area is 68.8 Å². The molecule has 0 aliphatic carbocycles. The Morgan fingerprint density at radius 1 is 1.36 bits per heavy atom. The molecule has 1 aromatic rings. The summed E-state index contributed by atoms with van der Waals surface area (Å²) in [4.78, 5) is 3.26. The standard InChI is InChI=1S/C10H17N/c1-5-9-6-8(7-11-9)10(2,3)4/h6-7,11H,5H2,1-4H3. The van der Waals surface area contributed by atoms with Gasteiger partial charge in [0.05, 0.1) is 0 Å². The van der Waals surface area contributed by atoms with Gasteiger partial charge in [-0.05, 0) is 23.5 Å². The monoisotopic (exact) mass is 151 g/mol. The highest BCUT2D eigenvalue weighted by molar-refractivity contribution is 5.23. The molecule has 0 spiro atoms. The Bertz CT molecular complexity index is 227. The van der Waals surface area contributed by atoms with E-state index in [0.717, 1.165) is 6.42 Å². The van der Waals surface area contributed by atoms with Crippen molar-refractivity contribution in [3.63, 3.8) is 0 Å².